The number of carbonyl (C=O) groups is 2. The first kappa shape index (κ1) is 28.3. The summed E-state index contributed by atoms with van der Waals surface area (Å²) in [7, 11) is 4.03. The molecule has 208 valence electrons. The van der Waals surface area contributed by atoms with Gasteiger partial charge in [0.15, 0.2) is 6.29 Å². The number of rotatable bonds is 10. The van der Waals surface area contributed by atoms with Crippen molar-refractivity contribution >= 4 is 35.7 Å². The van der Waals surface area contributed by atoms with E-state index in [1.807, 2.05) is 14.1 Å². The summed E-state index contributed by atoms with van der Waals surface area (Å²) in [6, 6.07) is 11.6. The van der Waals surface area contributed by atoms with E-state index in [0.717, 1.165) is 50.0 Å². The summed E-state index contributed by atoms with van der Waals surface area (Å²) in [5.74, 6) is -0.0451. The maximum Gasteiger partial charge on any atom is 0.413 e. The molecule has 0 bridgehead atoms. The lowest BCUT2D eigenvalue weighted by molar-refractivity contribution is -0.198. The minimum absolute atomic E-state index is 0.186. The minimum atomic E-state index is -1.03. The number of nitrogens with zero attached hydrogens (tertiary/aromatic N) is 4. The second-order valence-electron chi connectivity index (χ2n) is 9.91. The number of carboxylic acid groups (broad SMARTS) is 1. The van der Waals surface area contributed by atoms with Crippen LogP contribution in [0.5, 0.6) is 0 Å². The van der Waals surface area contributed by atoms with Gasteiger partial charge in [0.1, 0.15) is 5.82 Å². The Kier molecular flexibility index (Phi) is 10.1. The van der Waals surface area contributed by atoms with Gasteiger partial charge in [0.2, 0.25) is 0 Å². The lowest BCUT2D eigenvalue weighted by Crippen LogP contribution is -2.42. The van der Waals surface area contributed by atoms with Crippen LogP contribution in [0.4, 0.5) is 16.3 Å². The second kappa shape index (κ2) is 13.9. The van der Waals surface area contributed by atoms with Crippen LogP contribution >= 0.6 is 0 Å². The van der Waals surface area contributed by atoms with Crippen molar-refractivity contribution in [3.63, 3.8) is 0 Å². The number of carbonyl (C=O) groups excluding carboxylic acids is 1. The Morgan fingerprint density at radius 3 is 2.59 bits per heavy atom. The summed E-state index contributed by atoms with van der Waals surface area (Å²) in [6.45, 7) is 2.81. The molecule has 2 atom stereocenters. The van der Waals surface area contributed by atoms with Gasteiger partial charge in [0, 0.05) is 64.7 Å². The van der Waals surface area contributed by atoms with Crippen molar-refractivity contribution in [3.8, 4) is 0 Å². The van der Waals surface area contributed by atoms with E-state index in [-0.39, 0.29) is 6.04 Å². The van der Waals surface area contributed by atoms with Crippen molar-refractivity contribution in [1.29, 1.82) is 0 Å². The first-order valence-corrected chi connectivity index (χ1v) is 13.3. The molecule has 2 aliphatic rings. The van der Waals surface area contributed by atoms with Crippen molar-refractivity contribution in [2.45, 2.75) is 38.0 Å². The molecule has 1 aromatic heterocycles. The number of anilines is 2. The Morgan fingerprint density at radius 1 is 1.13 bits per heavy atom. The third-order valence-electron chi connectivity index (χ3n) is 6.78. The van der Waals surface area contributed by atoms with Crippen LogP contribution in [0, 0.1) is 0 Å². The third kappa shape index (κ3) is 8.38. The topological polar surface area (TPSA) is 107 Å². The zero-order chi connectivity index (χ0) is 27.6. The molecule has 0 radical (unpaired) electrons. The van der Waals surface area contributed by atoms with Gasteiger partial charge in [-0.05, 0) is 60.7 Å². The maximum absolute atomic E-state index is 12.1. The van der Waals surface area contributed by atoms with E-state index < -0.39 is 18.3 Å². The van der Waals surface area contributed by atoms with Crippen LogP contribution < -0.4 is 15.3 Å². The Hall–Kier alpha value is -3.73. The van der Waals surface area contributed by atoms with Gasteiger partial charge >= 0.3 is 6.09 Å². The van der Waals surface area contributed by atoms with E-state index in [2.05, 4.69) is 56.7 Å². The number of ether oxygens (including phenoxy) is 1. The minimum Gasteiger partial charge on any atom is -0.465 e. The predicted octanol–water partition coefficient (Wildman–Crippen LogP) is 4.01. The zero-order valence-electron chi connectivity index (χ0n) is 22.5. The Morgan fingerprint density at radius 2 is 1.92 bits per heavy atom. The number of hydrogen-bond donors (Lipinski definition) is 2. The average Bonchev–Trinajstić information content (AvgIpc) is 3.40. The Balaban J connectivity index is 1.27. The first-order valence-electron chi connectivity index (χ1n) is 13.3. The molecule has 2 aliphatic heterocycles. The fraction of sp³-hybridized carbons (Fsp3) is 0.414. The summed E-state index contributed by atoms with van der Waals surface area (Å²) in [4.78, 5) is 39.4. The molecule has 2 amide bonds. The van der Waals surface area contributed by atoms with Crippen LogP contribution in [-0.2, 0) is 14.4 Å². The summed E-state index contributed by atoms with van der Waals surface area (Å²) >= 11 is 0. The molecule has 2 aromatic rings. The van der Waals surface area contributed by atoms with Crippen molar-refractivity contribution in [2.75, 3.05) is 50.1 Å². The van der Waals surface area contributed by atoms with E-state index >= 15 is 0 Å². The number of hydrogen-bond acceptors (Lipinski definition) is 7. The smallest absolute Gasteiger partial charge is 0.413 e. The molecule has 0 saturated carbocycles. The van der Waals surface area contributed by atoms with E-state index in [0.29, 0.717) is 24.5 Å². The highest BCUT2D eigenvalue weighted by Crippen LogP contribution is 2.23. The number of likely N-dealkylation sites (tertiary alicyclic amines) is 1. The monoisotopic (exact) mass is 535 g/mol. The maximum atomic E-state index is 12.1. The standard InChI is InChI=1S/C29H37N5O5/c1-32(2)24-12-8-22(9-13-24)6-5-17-33-18-16-25(21-33)34(29(36)37)26-14-10-23(20-30-26)11-15-27(35)31-39-28-7-3-4-19-38-28/h5-6,8-15,20,25,28H,3-4,7,16-19,21H2,1-2H3,(H,31,35)(H,36,37)/t25-,28?/m1/s1. The molecule has 0 spiro atoms. The van der Waals surface area contributed by atoms with Gasteiger partial charge in [0.05, 0.1) is 6.04 Å². The van der Waals surface area contributed by atoms with Gasteiger partial charge < -0.3 is 14.7 Å². The van der Waals surface area contributed by atoms with Crippen molar-refractivity contribution in [3.05, 3.63) is 65.9 Å². The fourth-order valence-electron chi connectivity index (χ4n) is 4.62. The average molecular weight is 536 g/mol. The van der Waals surface area contributed by atoms with Gasteiger partial charge in [-0.3, -0.25) is 14.6 Å². The number of amides is 2. The largest absolute Gasteiger partial charge is 0.465 e. The van der Waals surface area contributed by atoms with Gasteiger partial charge in [-0.2, -0.15) is 0 Å². The highest BCUT2D eigenvalue weighted by Gasteiger charge is 2.32. The SMILES string of the molecule is CN(C)c1ccc(C=CCN2CC[C@@H](N(C(=O)O)c3ccc(C=CC(=O)NOC4CCCCO4)cn3)C2)cc1. The van der Waals surface area contributed by atoms with Gasteiger partial charge in [-0.25, -0.2) is 20.1 Å². The molecule has 39 heavy (non-hydrogen) atoms. The van der Waals surface area contributed by atoms with E-state index in [4.69, 9.17) is 9.57 Å². The lowest BCUT2D eigenvalue weighted by Gasteiger charge is -2.25. The molecule has 1 unspecified atom stereocenters. The fourth-order valence-corrected chi connectivity index (χ4v) is 4.62. The van der Waals surface area contributed by atoms with E-state index in [9.17, 15) is 14.7 Å². The molecular weight excluding hydrogens is 498 g/mol. The molecule has 2 N–H and O–H groups in total. The Labute approximate surface area is 229 Å². The number of nitrogens with one attached hydrogen (secondary N) is 1. The normalized spacial score (nSPS) is 19.9. The first-order chi connectivity index (χ1) is 18.9. The van der Waals surface area contributed by atoms with Gasteiger partial charge in [0.25, 0.3) is 5.91 Å². The molecule has 2 saturated heterocycles. The summed E-state index contributed by atoms with van der Waals surface area (Å²) in [5.41, 5.74) is 5.33. The van der Waals surface area contributed by atoms with Crippen molar-refractivity contribution in [2.24, 2.45) is 0 Å². The second-order valence-corrected chi connectivity index (χ2v) is 9.91. The number of aromatic nitrogens is 1. The van der Waals surface area contributed by atoms with Crippen LogP contribution in [0.3, 0.4) is 0 Å². The van der Waals surface area contributed by atoms with Crippen LogP contribution in [-0.4, -0.2) is 79.7 Å². The molecule has 0 aliphatic carbocycles. The zero-order valence-corrected chi connectivity index (χ0v) is 22.5. The predicted molar refractivity (Wildman–Crippen MR) is 151 cm³/mol. The highest BCUT2D eigenvalue weighted by molar-refractivity contribution is 5.91. The molecule has 10 nitrogen and oxygen atoms in total. The molecule has 10 heteroatoms. The van der Waals surface area contributed by atoms with Gasteiger partial charge in [-0.1, -0.05) is 24.3 Å². The van der Waals surface area contributed by atoms with Crippen molar-refractivity contribution < 1.29 is 24.3 Å². The van der Waals surface area contributed by atoms with Crippen LogP contribution in [0.2, 0.25) is 0 Å². The van der Waals surface area contributed by atoms with Crippen LogP contribution in [0.25, 0.3) is 12.2 Å². The quantitative estimate of drug-likeness (QED) is 0.347. The number of benzene rings is 1. The number of pyridine rings is 1. The van der Waals surface area contributed by atoms with Crippen LogP contribution in [0.1, 0.15) is 36.8 Å². The summed E-state index contributed by atoms with van der Waals surface area (Å²) < 4.78 is 5.41. The molecule has 3 heterocycles. The van der Waals surface area contributed by atoms with E-state index in [1.54, 1.807) is 24.4 Å². The van der Waals surface area contributed by atoms with Crippen LogP contribution in [0.15, 0.2) is 54.7 Å². The number of hydroxylamine groups is 1. The molecule has 4 rings (SSSR count). The highest BCUT2D eigenvalue weighted by atomic mass is 16.8. The van der Waals surface area contributed by atoms with Crippen molar-refractivity contribution in [1.82, 2.24) is 15.4 Å². The van der Waals surface area contributed by atoms with Gasteiger partial charge in [-0.15, -0.1) is 0 Å². The lowest BCUT2D eigenvalue weighted by atomic mass is 10.2. The molecule has 1 aromatic carbocycles. The summed E-state index contributed by atoms with van der Waals surface area (Å²) in [5, 5.41) is 9.93. The molecular formula is C29H37N5O5. The Bertz CT molecular complexity index is 1140. The third-order valence-corrected chi connectivity index (χ3v) is 6.78. The van der Waals surface area contributed by atoms with E-state index in [1.165, 1.54) is 11.0 Å². The molecule has 2 fully saturated rings. The summed E-state index contributed by atoms with van der Waals surface area (Å²) in [6.07, 6.45) is 10.7.